The number of hydrogen-bond acceptors (Lipinski definition) is 3. The maximum atomic E-state index is 11.7. The van der Waals surface area contributed by atoms with Crippen molar-refractivity contribution in [2.45, 2.75) is 64.5 Å². The first-order valence-corrected chi connectivity index (χ1v) is 11.3. The number of carbonyl (C=O) groups excluding carboxylic acids is 1. The molecule has 3 N–H and O–H groups in total. The van der Waals surface area contributed by atoms with Gasteiger partial charge in [0.1, 0.15) is 0 Å². The molecule has 0 aromatic heterocycles. The van der Waals surface area contributed by atoms with Crippen molar-refractivity contribution >= 4 is 17.6 Å². The number of nitrogens with one attached hydrogen (secondary N) is 3. The van der Waals surface area contributed by atoms with Gasteiger partial charge in [0.25, 0.3) is 0 Å². The molecule has 0 atom stereocenters. The predicted octanol–water partition coefficient (Wildman–Crippen LogP) is 3.04. The molecule has 0 unspecified atom stereocenters. The van der Waals surface area contributed by atoms with Crippen molar-refractivity contribution in [3.8, 4) is 0 Å². The van der Waals surface area contributed by atoms with E-state index in [-0.39, 0.29) is 11.8 Å². The van der Waals surface area contributed by atoms with Crippen LogP contribution in [0.4, 0.5) is 5.69 Å². The minimum Gasteiger partial charge on any atom is -0.372 e. The van der Waals surface area contributed by atoms with Crippen molar-refractivity contribution in [1.29, 1.82) is 0 Å². The van der Waals surface area contributed by atoms with Crippen LogP contribution in [0.1, 0.15) is 57.4 Å². The van der Waals surface area contributed by atoms with E-state index in [0.29, 0.717) is 25.7 Å². The van der Waals surface area contributed by atoms with E-state index in [1.54, 1.807) is 0 Å². The zero-order chi connectivity index (χ0) is 20.5. The van der Waals surface area contributed by atoms with Gasteiger partial charge < -0.3 is 20.9 Å². The molecule has 0 aliphatic heterocycles. The Bertz CT molecular complexity index is 662. The molecule has 3 rings (SSSR count). The lowest BCUT2D eigenvalue weighted by atomic mass is 9.94. The Hall–Kier alpha value is -2.24. The fourth-order valence-electron chi connectivity index (χ4n) is 3.88. The molecular formula is C23H37N5O. The quantitative estimate of drug-likeness (QED) is 0.339. The van der Waals surface area contributed by atoms with Crippen LogP contribution in [0.15, 0.2) is 29.3 Å². The summed E-state index contributed by atoms with van der Waals surface area (Å²) in [6.07, 6.45) is 8.79. The number of benzene rings is 1. The lowest BCUT2D eigenvalue weighted by Crippen LogP contribution is -2.41. The van der Waals surface area contributed by atoms with Crippen LogP contribution in [0.25, 0.3) is 0 Å². The highest BCUT2D eigenvalue weighted by atomic mass is 16.2. The van der Waals surface area contributed by atoms with Gasteiger partial charge in [0.2, 0.25) is 5.91 Å². The summed E-state index contributed by atoms with van der Waals surface area (Å²) < 4.78 is 0. The molecule has 0 bridgehead atoms. The summed E-state index contributed by atoms with van der Waals surface area (Å²) in [6, 6.07) is 9.47. The minimum atomic E-state index is 0.187. The molecule has 2 saturated carbocycles. The largest absolute Gasteiger partial charge is 0.372 e. The number of amides is 1. The molecule has 6 heteroatoms. The van der Waals surface area contributed by atoms with Gasteiger partial charge in [-0.1, -0.05) is 31.4 Å². The molecule has 2 aliphatic carbocycles. The Balaban J connectivity index is 1.45. The van der Waals surface area contributed by atoms with Crippen molar-refractivity contribution in [3.63, 3.8) is 0 Å². The predicted molar refractivity (Wildman–Crippen MR) is 120 cm³/mol. The average Bonchev–Trinajstić information content (AvgIpc) is 3.61. The van der Waals surface area contributed by atoms with Gasteiger partial charge in [0.05, 0.1) is 6.54 Å². The van der Waals surface area contributed by atoms with Crippen LogP contribution in [0.5, 0.6) is 0 Å². The number of nitrogens with zero attached hydrogens (tertiary/aromatic N) is 2. The highest BCUT2D eigenvalue weighted by Crippen LogP contribution is 2.28. The topological polar surface area (TPSA) is 68.8 Å². The van der Waals surface area contributed by atoms with E-state index in [9.17, 15) is 4.79 Å². The van der Waals surface area contributed by atoms with E-state index in [2.05, 4.69) is 64.1 Å². The number of guanidine groups is 1. The van der Waals surface area contributed by atoms with Gasteiger partial charge in [-0.25, -0.2) is 4.99 Å². The second-order valence-corrected chi connectivity index (χ2v) is 8.26. The first kappa shape index (κ1) is 21.5. The highest BCUT2D eigenvalue weighted by molar-refractivity contribution is 5.81. The minimum absolute atomic E-state index is 0.187. The smallest absolute Gasteiger partial charge is 0.223 e. The van der Waals surface area contributed by atoms with Crippen LogP contribution in [-0.2, 0) is 11.3 Å². The van der Waals surface area contributed by atoms with Crippen molar-refractivity contribution in [2.75, 3.05) is 31.6 Å². The zero-order valence-electron chi connectivity index (χ0n) is 18.0. The maximum absolute atomic E-state index is 11.7. The molecule has 29 heavy (non-hydrogen) atoms. The van der Waals surface area contributed by atoms with E-state index >= 15 is 0 Å². The molecule has 1 amide bonds. The molecule has 0 saturated heterocycles. The Labute approximate surface area is 175 Å². The molecule has 0 heterocycles. The molecular weight excluding hydrogens is 362 g/mol. The highest BCUT2D eigenvalue weighted by Gasteiger charge is 2.28. The third-order valence-corrected chi connectivity index (χ3v) is 5.89. The van der Waals surface area contributed by atoms with Crippen LogP contribution >= 0.6 is 0 Å². The maximum Gasteiger partial charge on any atom is 0.223 e. The Morgan fingerprint density at radius 3 is 2.34 bits per heavy atom. The molecule has 160 valence electrons. The molecule has 6 nitrogen and oxygen atoms in total. The van der Waals surface area contributed by atoms with Gasteiger partial charge in [0, 0.05) is 44.3 Å². The summed E-state index contributed by atoms with van der Waals surface area (Å²) in [5, 5.41) is 9.53. The molecule has 2 aliphatic rings. The summed E-state index contributed by atoms with van der Waals surface area (Å²) >= 11 is 0. The number of aliphatic imine (C=N–C) groups is 1. The zero-order valence-corrected chi connectivity index (χ0v) is 18.0. The Kier molecular flexibility index (Phi) is 8.20. The van der Waals surface area contributed by atoms with Gasteiger partial charge in [-0.15, -0.1) is 0 Å². The number of anilines is 1. The van der Waals surface area contributed by atoms with E-state index in [1.165, 1.54) is 43.4 Å². The second kappa shape index (κ2) is 11.1. The van der Waals surface area contributed by atoms with Crippen LogP contribution < -0.4 is 20.9 Å². The number of carbonyl (C=O) groups is 1. The second-order valence-electron chi connectivity index (χ2n) is 8.26. The van der Waals surface area contributed by atoms with Crippen molar-refractivity contribution in [3.05, 3.63) is 29.8 Å². The standard InChI is InChI=1S/C23H37N5O/c1-3-24-23(26-16-15-25-22(29)19-11-12-19)27-17-18-9-13-21(14-10-18)28(2)20-7-5-4-6-8-20/h9-10,13-14,19-20H,3-8,11-12,15-17H2,1-2H3,(H,25,29)(H2,24,26,27). The van der Waals surface area contributed by atoms with Gasteiger partial charge in [-0.2, -0.15) is 0 Å². The Morgan fingerprint density at radius 2 is 1.69 bits per heavy atom. The molecule has 2 fully saturated rings. The van der Waals surface area contributed by atoms with Crippen LogP contribution in [0.2, 0.25) is 0 Å². The van der Waals surface area contributed by atoms with E-state index < -0.39 is 0 Å². The van der Waals surface area contributed by atoms with E-state index in [1.807, 2.05) is 0 Å². The third-order valence-electron chi connectivity index (χ3n) is 5.89. The first-order chi connectivity index (χ1) is 14.2. The fourth-order valence-corrected chi connectivity index (χ4v) is 3.88. The summed E-state index contributed by atoms with van der Waals surface area (Å²) in [4.78, 5) is 18.8. The monoisotopic (exact) mass is 399 g/mol. The van der Waals surface area contributed by atoms with Gasteiger partial charge in [-0.3, -0.25) is 4.79 Å². The Morgan fingerprint density at radius 1 is 1.00 bits per heavy atom. The summed E-state index contributed by atoms with van der Waals surface area (Å²) in [5.74, 6) is 1.24. The summed E-state index contributed by atoms with van der Waals surface area (Å²) in [5.41, 5.74) is 2.49. The normalized spacial score (nSPS) is 17.7. The van der Waals surface area contributed by atoms with Crippen LogP contribution in [0.3, 0.4) is 0 Å². The lowest BCUT2D eigenvalue weighted by Gasteiger charge is -2.33. The lowest BCUT2D eigenvalue weighted by molar-refractivity contribution is -0.122. The van der Waals surface area contributed by atoms with Crippen LogP contribution in [0, 0.1) is 5.92 Å². The van der Waals surface area contributed by atoms with E-state index in [0.717, 1.165) is 25.3 Å². The van der Waals surface area contributed by atoms with Gasteiger partial charge >= 0.3 is 0 Å². The molecule has 1 aromatic rings. The average molecular weight is 400 g/mol. The van der Waals surface area contributed by atoms with Crippen molar-refractivity contribution in [1.82, 2.24) is 16.0 Å². The SMILES string of the molecule is CCNC(=NCc1ccc(N(C)C2CCCCC2)cc1)NCCNC(=O)C1CC1. The molecule has 0 radical (unpaired) electrons. The number of hydrogen-bond donors (Lipinski definition) is 3. The van der Waals surface area contributed by atoms with Crippen LogP contribution in [-0.4, -0.2) is 44.6 Å². The molecule has 1 aromatic carbocycles. The van der Waals surface area contributed by atoms with Crippen molar-refractivity contribution in [2.24, 2.45) is 10.9 Å². The van der Waals surface area contributed by atoms with Crippen molar-refractivity contribution < 1.29 is 4.79 Å². The summed E-state index contributed by atoms with van der Waals surface area (Å²) in [7, 11) is 2.22. The molecule has 0 spiro atoms. The fraction of sp³-hybridized carbons (Fsp3) is 0.652. The van der Waals surface area contributed by atoms with Gasteiger partial charge in [0.15, 0.2) is 5.96 Å². The third kappa shape index (κ3) is 6.94. The van der Waals surface area contributed by atoms with E-state index in [4.69, 9.17) is 0 Å². The summed E-state index contributed by atoms with van der Waals surface area (Å²) in [6.45, 7) is 4.81. The van der Waals surface area contributed by atoms with Gasteiger partial charge in [-0.05, 0) is 50.3 Å². The first-order valence-electron chi connectivity index (χ1n) is 11.3. The number of rotatable bonds is 9.